The van der Waals surface area contributed by atoms with E-state index in [1.54, 1.807) is 0 Å². The molecule has 0 radical (unpaired) electrons. The third kappa shape index (κ3) is 5.35. The number of rotatable bonds is 6. The summed E-state index contributed by atoms with van der Waals surface area (Å²) < 4.78 is 50.8. The van der Waals surface area contributed by atoms with Crippen LogP contribution in [0, 0.1) is 5.82 Å². The van der Waals surface area contributed by atoms with E-state index in [0.717, 1.165) is 12.1 Å². The van der Waals surface area contributed by atoms with E-state index in [1.165, 1.54) is 0 Å². The first-order valence-corrected chi connectivity index (χ1v) is 5.97. The molecule has 1 atom stereocenters. The third-order valence-electron chi connectivity index (χ3n) is 2.31. The van der Waals surface area contributed by atoms with Crippen molar-refractivity contribution in [1.29, 1.82) is 0 Å². The molecule has 0 saturated heterocycles. The molecule has 1 unspecified atom stereocenters. The minimum absolute atomic E-state index is 0.0975. The van der Waals surface area contributed by atoms with Crippen LogP contribution in [-0.4, -0.2) is 23.8 Å². The van der Waals surface area contributed by atoms with Gasteiger partial charge in [0.25, 0.3) is 0 Å². The first kappa shape index (κ1) is 16.2. The zero-order chi connectivity index (χ0) is 14.5. The number of benzene rings is 1. The van der Waals surface area contributed by atoms with Crippen LogP contribution in [0.1, 0.15) is 11.1 Å². The normalized spacial score (nSPS) is 13.6. The summed E-state index contributed by atoms with van der Waals surface area (Å²) in [6.07, 6.45) is -4.50. The van der Waals surface area contributed by atoms with Crippen LogP contribution in [0.2, 0.25) is 0 Å². The lowest BCUT2D eigenvalue weighted by atomic mass is 10.1. The summed E-state index contributed by atoms with van der Waals surface area (Å²) in [5, 5.41) is 14.0. The Kier molecular flexibility index (Phi) is 6.05. The summed E-state index contributed by atoms with van der Waals surface area (Å²) in [7, 11) is 0. The predicted molar refractivity (Wildman–Crippen MR) is 66.1 cm³/mol. The van der Waals surface area contributed by atoms with Crippen molar-refractivity contribution in [3.8, 4) is 0 Å². The largest absolute Gasteiger partial charge is 0.416 e. The van der Waals surface area contributed by atoms with Crippen LogP contribution < -0.4 is 10.6 Å². The number of alkyl halides is 3. The van der Waals surface area contributed by atoms with Crippen LogP contribution in [0.15, 0.2) is 18.2 Å². The average Bonchev–Trinajstić information content (AvgIpc) is 2.33. The number of aliphatic hydroxyl groups excluding tert-OH is 1. The van der Waals surface area contributed by atoms with Crippen molar-refractivity contribution in [3.63, 3.8) is 0 Å². The molecular formula is C11H14F4N2OS. The molecule has 0 aliphatic rings. The van der Waals surface area contributed by atoms with Gasteiger partial charge in [0, 0.05) is 18.7 Å². The Bertz CT molecular complexity index is 414. The fraction of sp³-hybridized carbons (Fsp3) is 0.455. The van der Waals surface area contributed by atoms with Crippen molar-refractivity contribution in [2.75, 3.05) is 13.2 Å². The Morgan fingerprint density at radius 2 is 1.95 bits per heavy atom. The topological polar surface area (TPSA) is 44.3 Å². The van der Waals surface area contributed by atoms with Crippen molar-refractivity contribution >= 4 is 12.6 Å². The fourth-order valence-corrected chi connectivity index (χ4v) is 1.59. The molecule has 0 aromatic heterocycles. The zero-order valence-corrected chi connectivity index (χ0v) is 10.7. The summed E-state index contributed by atoms with van der Waals surface area (Å²) in [6, 6.07) is 2.24. The van der Waals surface area contributed by atoms with Gasteiger partial charge in [-0.05, 0) is 18.2 Å². The molecule has 19 heavy (non-hydrogen) atoms. The molecule has 0 spiro atoms. The highest BCUT2D eigenvalue weighted by Crippen LogP contribution is 2.30. The summed E-state index contributed by atoms with van der Waals surface area (Å²) >= 11 is 4.03. The minimum atomic E-state index is -4.50. The van der Waals surface area contributed by atoms with Gasteiger partial charge in [-0.3, -0.25) is 10.6 Å². The molecule has 8 heteroatoms. The Hall–Kier alpha value is -0.830. The molecule has 3 N–H and O–H groups in total. The molecule has 1 aromatic carbocycles. The van der Waals surface area contributed by atoms with Crippen LogP contribution >= 0.6 is 12.6 Å². The van der Waals surface area contributed by atoms with Crippen LogP contribution in [0.4, 0.5) is 17.6 Å². The van der Waals surface area contributed by atoms with Gasteiger partial charge < -0.3 is 5.11 Å². The molecule has 108 valence electrons. The number of hydrogen-bond acceptors (Lipinski definition) is 4. The van der Waals surface area contributed by atoms with Gasteiger partial charge in [0.05, 0.1) is 12.2 Å². The Morgan fingerprint density at radius 1 is 1.26 bits per heavy atom. The number of thiol groups is 1. The predicted octanol–water partition coefficient (Wildman–Crippen LogP) is 1.73. The number of hydrogen-bond donors (Lipinski definition) is 4. The quantitative estimate of drug-likeness (QED) is 0.367. The van der Waals surface area contributed by atoms with E-state index in [4.69, 9.17) is 5.11 Å². The van der Waals surface area contributed by atoms with E-state index in [9.17, 15) is 17.6 Å². The van der Waals surface area contributed by atoms with Crippen molar-refractivity contribution in [3.05, 3.63) is 35.1 Å². The summed E-state index contributed by atoms with van der Waals surface area (Å²) in [4.78, 5) is 0. The van der Waals surface area contributed by atoms with E-state index in [2.05, 4.69) is 23.3 Å². The van der Waals surface area contributed by atoms with Gasteiger partial charge in [-0.1, -0.05) is 0 Å². The van der Waals surface area contributed by atoms with Crippen molar-refractivity contribution < 1.29 is 22.7 Å². The van der Waals surface area contributed by atoms with E-state index < -0.39 is 23.1 Å². The van der Waals surface area contributed by atoms with Crippen LogP contribution in [-0.2, 0) is 12.7 Å². The average molecular weight is 298 g/mol. The Morgan fingerprint density at radius 3 is 2.53 bits per heavy atom. The molecule has 0 aliphatic carbocycles. The second-order valence-corrected chi connectivity index (χ2v) is 4.28. The van der Waals surface area contributed by atoms with Crippen LogP contribution in [0.25, 0.3) is 0 Å². The molecule has 0 saturated carbocycles. The third-order valence-corrected chi connectivity index (χ3v) is 2.67. The van der Waals surface area contributed by atoms with E-state index in [-0.39, 0.29) is 25.3 Å². The summed E-state index contributed by atoms with van der Waals surface area (Å²) in [5.74, 6) is -0.719. The molecule has 0 aliphatic heterocycles. The highest BCUT2D eigenvalue weighted by atomic mass is 32.1. The maximum atomic E-state index is 13.4. The lowest BCUT2D eigenvalue weighted by molar-refractivity contribution is -0.137. The first-order valence-electron chi connectivity index (χ1n) is 5.46. The van der Waals surface area contributed by atoms with Gasteiger partial charge in [0.2, 0.25) is 0 Å². The smallest absolute Gasteiger partial charge is 0.395 e. The molecule has 1 aromatic rings. The lowest BCUT2D eigenvalue weighted by Crippen LogP contribution is -2.38. The molecule has 0 fully saturated rings. The molecule has 1 rings (SSSR count). The van der Waals surface area contributed by atoms with E-state index in [1.807, 2.05) is 0 Å². The summed E-state index contributed by atoms with van der Waals surface area (Å²) in [6.45, 7) is 0.0608. The Labute approximate surface area is 113 Å². The molecular weight excluding hydrogens is 284 g/mol. The highest BCUT2D eigenvalue weighted by Gasteiger charge is 2.31. The van der Waals surface area contributed by atoms with Gasteiger partial charge in [0.15, 0.2) is 0 Å². The molecule has 0 bridgehead atoms. The minimum Gasteiger partial charge on any atom is -0.395 e. The second kappa shape index (κ2) is 7.09. The Balaban J connectivity index is 2.67. The van der Waals surface area contributed by atoms with Gasteiger partial charge in [-0.15, -0.1) is 12.6 Å². The van der Waals surface area contributed by atoms with Gasteiger partial charge in [-0.2, -0.15) is 13.2 Å². The number of aliphatic hydroxyl groups is 1. The molecule has 0 amide bonds. The first-order chi connectivity index (χ1) is 8.84. The van der Waals surface area contributed by atoms with E-state index in [0.29, 0.717) is 6.07 Å². The number of halogens is 4. The standard InChI is InChI=1S/C11H14F4N2OS/c12-9-2-1-8(11(13,14)15)5-7(9)6-17-10(19)16-3-4-18/h1-2,5,10,16-19H,3-4,6H2. The van der Waals surface area contributed by atoms with Crippen molar-refractivity contribution in [2.24, 2.45) is 0 Å². The van der Waals surface area contributed by atoms with Crippen molar-refractivity contribution in [2.45, 2.75) is 18.2 Å². The second-order valence-electron chi connectivity index (χ2n) is 3.77. The van der Waals surface area contributed by atoms with Gasteiger partial charge in [0.1, 0.15) is 11.3 Å². The monoisotopic (exact) mass is 298 g/mol. The summed E-state index contributed by atoms with van der Waals surface area (Å²) in [5.41, 5.74) is -1.55. The number of nitrogens with one attached hydrogen (secondary N) is 2. The zero-order valence-electron chi connectivity index (χ0n) is 9.84. The fourth-order valence-electron chi connectivity index (χ4n) is 1.37. The highest BCUT2D eigenvalue weighted by molar-refractivity contribution is 7.80. The molecule has 3 nitrogen and oxygen atoms in total. The van der Waals surface area contributed by atoms with Gasteiger partial charge >= 0.3 is 6.18 Å². The lowest BCUT2D eigenvalue weighted by Gasteiger charge is -2.15. The SMILES string of the molecule is OCCNC(S)NCc1cc(C(F)(F)F)ccc1F. The van der Waals surface area contributed by atoms with Crippen LogP contribution in [0.3, 0.4) is 0 Å². The molecule has 0 heterocycles. The van der Waals surface area contributed by atoms with Gasteiger partial charge in [-0.25, -0.2) is 4.39 Å². The van der Waals surface area contributed by atoms with E-state index >= 15 is 0 Å². The van der Waals surface area contributed by atoms with Crippen molar-refractivity contribution in [1.82, 2.24) is 10.6 Å². The maximum absolute atomic E-state index is 13.4. The maximum Gasteiger partial charge on any atom is 0.416 e. The van der Waals surface area contributed by atoms with Crippen LogP contribution in [0.5, 0.6) is 0 Å².